The van der Waals surface area contributed by atoms with Gasteiger partial charge in [0.15, 0.2) is 11.5 Å². The number of rotatable bonds is 5. The fourth-order valence-electron chi connectivity index (χ4n) is 6.01. The summed E-state index contributed by atoms with van der Waals surface area (Å²) in [5.74, 6) is 3.09. The van der Waals surface area contributed by atoms with Crippen LogP contribution in [0.3, 0.4) is 0 Å². The Morgan fingerprint density at radius 3 is 2.49 bits per heavy atom. The fraction of sp³-hybridized carbons (Fsp3) is 0.600. The molecule has 0 radical (unpaired) electrons. The number of pyridine rings is 1. The van der Waals surface area contributed by atoms with Crippen molar-refractivity contribution < 1.29 is 14.3 Å². The van der Waals surface area contributed by atoms with E-state index in [-0.39, 0.29) is 5.78 Å². The molecule has 0 N–H and O–H groups in total. The number of aromatic nitrogens is 1. The molecule has 1 saturated heterocycles. The van der Waals surface area contributed by atoms with E-state index in [0.717, 1.165) is 66.9 Å². The summed E-state index contributed by atoms with van der Waals surface area (Å²) < 4.78 is 11.6. The molecule has 1 aromatic carbocycles. The third-order valence-electron chi connectivity index (χ3n) is 8.26. The van der Waals surface area contributed by atoms with Gasteiger partial charge in [0, 0.05) is 25.8 Å². The van der Waals surface area contributed by atoms with Crippen LogP contribution in [-0.4, -0.2) is 37.1 Å². The van der Waals surface area contributed by atoms with Crippen molar-refractivity contribution in [2.75, 3.05) is 31.3 Å². The quantitative estimate of drug-likeness (QED) is 0.427. The third kappa shape index (κ3) is 5.72. The molecule has 1 aliphatic carbocycles. The van der Waals surface area contributed by atoms with Crippen molar-refractivity contribution in [1.82, 2.24) is 4.98 Å². The average Bonchev–Trinajstić information content (AvgIpc) is 2.90. The van der Waals surface area contributed by atoms with Crippen molar-refractivity contribution in [3.63, 3.8) is 0 Å². The molecule has 2 fully saturated rings. The van der Waals surface area contributed by atoms with E-state index in [1.807, 2.05) is 51.2 Å². The summed E-state index contributed by atoms with van der Waals surface area (Å²) in [4.78, 5) is 20.1. The molecule has 2 aliphatic heterocycles. The number of fused-ring (bicyclic) bond motifs is 1. The molecule has 3 heterocycles. The highest BCUT2D eigenvalue weighted by atomic mass is 16.5. The summed E-state index contributed by atoms with van der Waals surface area (Å²) in [6.07, 6.45) is 9.66. The van der Waals surface area contributed by atoms with Crippen molar-refractivity contribution in [3.05, 3.63) is 47.7 Å². The zero-order chi connectivity index (χ0) is 24.8. The minimum absolute atomic E-state index is 0.214. The number of ether oxygens (including phenoxy) is 2. The highest BCUT2D eigenvalue weighted by Crippen LogP contribution is 2.47. The number of para-hydroxylation sites is 1. The van der Waals surface area contributed by atoms with E-state index in [1.54, 1.807) is 0 Å². The summed E-state index contributed by atoms with van der Waals surface area (Å²) >= 11 is 0. The Morgan fingerprint density at radius 2 is 1.80 bits per heavy atom. The van der Waals surface area contributed by atoms with Crippen LogP contribution < -0.4 is 9.64 Å². The topological polar surface area (TPSA) is 51.7 Å². The largest absolute Gasteiger partial charge is 0.489 e. The minimum Gasteiger partial charge on any atom is -0.489 e. The summed E-state index contributed by atoms with van der Waals surface area (Å²) in [6, 6.07) is 10.1. The fourth-order valence-corrected chi connectivity index (χ4v) is 6.01. The van der Waals surface area contributed by atoms with Crippen LogP contribution in [0, 0.1) is 24.2 Å². The van der Waals surface area contributed by atoms with Gasteiger partial charge in [-0.2, -0.15) is 0 Å². The van der Waals surface area contributed by atoms with Crippen molar-refractivity contribution >= 4 is 17.3 Å². The van der Waals surface area contributed by atoms with Crippen LogP contribution in [0.1, 0.15) is 81.6 Å². The van der Waals surface area contributed by atoms with Crippen LogP contribution in [-0.2, 0) is 4.74 Å². The number of benzene rings is 1. The lowest BCUT2D eigenvalue weighted by Gasteiger charge is -2.44. The van der Waals surface area contributed by atoms with Crippen molar-refractivity contribution in [3.8, 4) is 5.75 Å². The molecule has 1 saturated carbocycles. The van der Waals surface area contributed by atoms with Crippen molar-refractivity contribution in [2.45, 2.75) is 72.6 Å². The Hall–Kier alpha value is -2.40. The van der Waals surface area contributed by atoms with Gasteiger partial charge in [0.1, 0.15) is 12.4 Å². The van der Waals surface area contributed by atoms with E-state index in [0.29, 0.717) is 24.4 Å². The second-order valence-corrected chi connectivity index (χ2v) is 10.5. The van der Waals surface area contributed by atoms with E-state index in [2.05, 4.69) is 22.9 Å². The van der Waals surface area contributed by atoms with Gasteiger partial charge < -0.3 is 14.4 Å². The molecule has 0 bridgehead atoms. The maximum absolute atomic E-state index is 13.4. The molecule has 5 nitrogen and oxygen atoms in total. The second kappa shape index (κ2) is 11.6. The molecule has 5 heteroatoms. The number of nitrogens with zero attached hydrogens (tertiary/aromatic N) is 2. The first-order valence-corrected chi connectivity index (χ1v) is 13.6. The first kappa shape index (κ1) is 25.7. The van der Waals surface area contributed by atoms with Gasteiger partial charge in [0.05, 0.1) is 17.8 Å². The Morgan fingerprint density at radius 1 is 1.06 bits per heavy atom. The molecule has 0 atom stereocenters. The van der Waals surface area contributed by atoms with Gasteiger partial charge in [-0.3, -0.25) is 4.79 Å². The molecule has 35 heavy (non-hydrogen) atoms. The molecular weight excluding hydrogens is 436 g/mol. The molecule has 0 unspecified atom stereocenters. The van der Waals surface area contributed by atoms with Gasteiger partial charge in [0.2, 0.25) is 0 Å². The lowest BCUT2D eigenvalue weighted by Crippen LogP contribution is -2.36. The molecule has 1 aromatic heterocycles. The minimum atomic E-state index is 0.214. The number of carbonyl (C=O) groups excluding carboxylic acids is 1. The number of aryl methyl sites for hydroxylation is 1. The Kier molecular flexibility index (Phi) is 8.48. The number of hydrogen-bond acceptors (Lipinski definition) is 5. The van der Waals surface area contributed by atoms with E-state index in [1.165, 1.54) is 25.7 Å². The van der Waals surface area contributed by atoms with Gasteiger partial charge >= 0.3 is 0 Å². The van der Waals surface area contributed by atoms with Gasteiger partial charge in [-0.25, -0.2) is 4.98 Å². The predicted molar refractivity (Wildman–Crippen MR) is 142 cm³/mol. The standard InChI is InChI=1S/C28H36N2O3.C2H6/c1-20-6-11-26(29-19-20)30-14-17-33-27-23(4-3-5-24(27)30)25(31)18-21-7-9-22(10-8-21)28(2)12-15-32-16-13-28;1-2/h3-6,11,19,21-22H,7-10,12-18H2,1-2H3;1-2H3. The number of carbonyl (C=O) groups is 1. The van der Waals surface area contributed by atoms with Gasteiger partial charge in [-0.05, 0) is 86.5 Å². The van der Waals surface area contributed by atoms with Crippen molar-refractivity contribution in [2.24, 2.45) is 17.3 Å². The third-order valence-corrected chi connectivity index (χ3v) is 8.26. The Bertz CT molecular complexity index is 974. The van der Waals surface area contributed by atoms with Gasteiger partial charge in [-0.1, -0.05) is 32.9 Å². The zero-order valence-corrected chi connectivity index (χ0v) is 22.0. The number of Topliss-reactive ketones (excluding diaryl/α,β-unsaturated/α-hetero) is 1. The first-order chi connectivity index (χ1) is 17.0. The van der Waals surface area contributed by atoms with E-state index >= 15 is 0 Å². The van der Waals surface area contributed by atoms with E-state index < -0.39 is 0 Å². The summed E-state index contributed by atoms with van der Waals surface area (Å²) in [5.41, 5.74) is 3.23. The summed E-state index contributed by atoms with van der Waals surface area (Å²) in [5, 5.41) is 0. The number of ketones is 1. The van der Waals surface area contributed by atoms with Crippen LogP contribution in [0.4, 0.5) is 11.5 Å². The maximum Gasteiger partial charge on any atom is 0.166 e. The Labute approximate surface area is 211 Å². The smallest absolute Gasteiger partial charge is 0.166 e. The highest BCUT2D eigenvalue weighted by molar-refractivity contribution is 6.01. The van der Waals surface area contributed by atoms with Gasteiger partial charge in [-0.15, -0.1) is 0 Å². The normalized spacial score (nSPS) is 23.4. The first-order valence-electron chi connectivity index (χ1n) is 13.6. The van der Waals surface area contributed by atoms with E-state index in [4.69, 9.17) is 9.47 Å². The molecule has 2 aromatic rings. The molecule has 3 aliphatic rings. The molecule has 190 valence electrons. The van der Waals surface area contributed by atoms with Crippen LogP contribution in [0.15, 0.2) is 36.5 Å². The maximum atomic E-state index is 13.4. The molecular formula is C30H42N2O3. The summed E-state index contributed by atoms with van der Waals surface area (Å²) in [7, 11) is 0. The van der Waals surface area contributed by atoms with Crippen molar-refractivity contribution in [1.29, 1.82) is 0 Å². The second-order valence-electron chi connectivity index (χ2n) is 10.5. The number of hydrogen-bond donors (Lipinski definition) is 0. The average molecular weight is 479 g/mol. The summed E-state index contributed by atoms with van der Waals surface area (Å²) in [6.45, 7) is 11.6. The Balaban J connectivity index is 0.00000141. The van der Waals surface area contributed by atoms with Crippen LogP contribution in [0.2, 0.25) is 0 Å². The van der Waals surface area contributed by atoms with E-state index in [9.17, 15) is 4.79 Å². The van der Waals surface area contributed by atoms with Crippen LogP contribution in [0.5, 0.6) is 5.75 Å². The lowest BCUT2D eigenvalue weighted by molar-refractivity contribution is -0.0214. The molecule has 0 spiro atoms. The SMILES string of the molecule is CC.Cc1ccc(N2CCOc3c(C(=O)CC4CCC(C5(C)CCOCC5)CC4)cccc32)nc1. The zero-order valence-electron chi connectivity index (χ0n) is 22.0. The predicted octanol–water partition coefficient (Wildman–Crippen LogP) is 7.14. The van der Waals surface area contributed by atoms with Crippen LogP contribution >= 0.6 is 0 Å². The lowest BCUT2D eigenvalue weighted by atomic mass is 9.64. The number of anilines is 2. The van der Waals surface area contributed by atoms with Gasteiger partial charge in [0.25, 0.3) is 0 Å². The van der Waals surface area contributed by atoms with Crippen LogP contribution in [0.25, 0.3) is 0 Å². The molecule has 5 rings (SSSR count). The highest BCUT2D eigenvalue weighted by Gasteiger charge is 2.38. The monoisotopic (exact) mass is 478 g/mol. The molecule has 0 amide bonds.